The van der Waals surface area contributed by atoms with Crippen molar-refractivity contribution < 1.29 is 24.2 Å². The number of fused-ring (bicyclic) bond motifs is 7. The van der Waals surface area contributed by atoms with Crippen LogP contribution in [0.5, 0.6) is 0 Å². The highest BCUT2D eigenvalue weighted by molar-refractivity contribution is 6.01. The zero-order valence-corrected chi connectivity index (χ0v) is 21.7. The third-order valence-electron chi connectivity index (χ3n) is 9.92. The summed E-state index contributed by atoms with van der Waals surface area (Å²) >= 11 is 0. The predicted octanol–water partition coefficient (Wildman–Crippen LogP) is 5.16. The summed E-state index contributed by atoms with van der Waals surface area (Å²) < 4.78 is 13.2. The average Bonchev–Trinajstić information content (AvgIpc) is 3.20. The molecule has 5 nitrogen and oxygen atoms in total. The number of Topliss-reactive ketones (excluding diaryl/α,β-unsaturated/α-hetero) is 1. The summed E-state index contributed by atoms with van der Waals surface area (Å²) in [7, 11) is 0. The van der Waals surface area contributed by atoms with Gasteiger partial charge in [0, 0.05) is 23.2 Å². The predicted molar refractivity (Wildman–Crippen MR) is 130 cm³/mol. The summed E-state index contributed by atoms with van der Waals surface area (Å²) in [5.74, 6) is 0.726. The molecule has 34 heavy (non-hydrogen) atoms. The standard InChI is InChI=1S/C29H42O5/c1-7-8-24-33-23-14-20-19-10-9-17-13-18(30)11-12-27(17,5)25(19)21(31)15-28(20,6)29(23,34-24)22(32)16-26(2,3)4/h11-13,19-21,23-25,31H,7-10,14-16H2,1-6H3/t19-,20-,21-,23+,24+,25+,27-,28-,29+/m0/s1. The molecule has 188 valence electrons. The molecule has 0 bridgehead atoms. The van der Waals surface area contributed by atoms with Gasteiger partial charge in [0.2, 0.25) is 0 Å². The first-order chi connectivity index (χ1) is 15.9. The van der Waals surface area contributed by atoms with Gasteiger partial charge in [-0.3, -0.25) is 9.59 Å². The van der Waals surface area contributed by atoms with Crippen LogP contribution in [0.4, 0.5) is 0 Å². The van der Waals surface area contributed by atoms with Gasteiger partial charge in [-0.15, -0.1) is 0 Å². The number of allylic oxidation sites excluding steroid dienone is 4. The van der Waals surface area contributed by atoms with Gasteiger partial charge in [0.15, 0.2) is 23.5 Å². The van der Waals surface area contributed by atoms with E-state index in [0.717, 1.165) is 37.7 Å². The summed E-state index contributed by atoms with van der Waals surface area (Å²) in [6, 6.07) is 0. The van der Waals surface area contributed by atoms with Crippen LogP contribution < -0.4 is 0 Å². The molecule has 0 spiro atoms. The number of ether oxygens (including phenoxy) is 2. The fraction of sp³-hybridized carbons (Fsp3) is 0.793. The molecule has 0 amide bonds. The molecule has 1 saturated heterocycles. The van der Waals surface area contributed by atoms with Crippen molar-refractivity contribution in [3.63, 3.8) is 0 Å². The van der Waals surface area contributed by atoms with E-state index in [2.05, 4.69) is 41.5 Å². The molecule has 1 heterocycles. The van der Waals surface area contributed by atoms with E-state index in [1.165, 1.54) is 0 Å². The van der Waals surface area contributed by atoms with Gasteiger partial charge < -0.3 is 14.6 Å². The van der Waals surface area contributed by atoms with Crippen LogP contribution in [0.3, 0.4) is 0 Å². The number of hydrogen-bond donors (Lipinski definition) is 1. The Labute approximate surface area is 204 Å². The SMILES string of the molecule is CCC[C@@H]1O[C@@H]2C[C@H]3[C@@H]4CCC5=CC(=O)C=C[C@]5(C)[C@H]4[C@@H](O)C[C@]3(C)[C@]2(C(=O)CC(C)(C)C)O1. The van der Waals surface area contributed by atoms with Crippen LogP contribution in [0.2, 0.25) is 0 Å². The number of carbonyl (C=O) groups is 2. The van der Waals surface area contributed by atoms with Gasteiger partial charge in [-0.25, -0.2) is 0 Å². The maximum Gasteiger partial charge on any atom is 0.178 e. The lowest BCUT2D eigenvalue weighted by atomic mass is 9.46. The lowest BCUT2D eigenvalue weighted by Gasteiger charge is -2.59. The van der Waals surface area contributed by atoms with E-state index in [0.29, 0.717) is 12.8 Å². The van der Waals surface area contributed by atoms with E-state index in [1.54, 1.807) is 12.2 Å². The minimum Gasteiger partial charge on any atom is -0.393 e. The number of aliphatic hydroxyl groups excluding tert-OH is 1. The van der Waals surface area contributed by atoms with Crippen LogP contribution in [-0.4, -0.2) is 40.8 Å². The Kier molecular flexibility index (Phi) is 5.63. The molecule has 4 aliphatic carbocycles. The van der Waals surface area contributed by atoms with Crippen molar-refractivity contribution in [2.45, 2.75) is 111 Å². The first kappa shape index (κ1) is 24.4. The van der Waals surface area contributed by atoms with Crippen LogP contribution in [0.25, 0.3) is 0 Å². The van der Waals surface area contributed by atoms with E-state index in [9.17, 15) is 14.7 Å². The Hall–Kier alpha value is -1.30. The van der Waals surface area contributed by atoms with Crippen LogP contribution in [0.1, 0.15) is 86.5 Å². The summed E-state index contributed by atoms with van der Waals surface area (Å²) in [6.45, 7) is 12.8. The molecule has 5 heteroatoms. The number of ketones is 2. The topological polar surface area (TPSA) is 72.8 Å². The Bertz CT molecular complexity index is 943. The Morgan fingerprint density at radius 3 is 2.68 bits per heavy atom. The van der Waals surface area contributed by atoms with Crippen molar-refractivity contribution in [2.24, 2.45) is 34.0 Å². The molecule has 1 aliphatic heterocycles. The highest BCUT2D eigenvalue weighted by Gasteiger charge is 2.75. The van der Waals surface area contributed by atoms with Crippen molar-refractivity contribution in [2.75, 3.05) is 0 Å². The lowest BCUT2D eigenvalue weighted by Crippen LogP contribution is -2.63. The smallest absolute Gasteiger partial charge is 0.178 e. The Balaban J connectivity index is 1.55. The van der Waals surface area contributed by atoms with Crippen molar-refractivity contribution in [3.8, 4) is 0 Å². The molecule has 9 atom stereocenters. The molecular formula is C29H42O5. The number of carbonyl (C=O) groups excluding carboxylic acids is 2. The largest absolute Gasteiger partial charge is 0.393 e. The molecule has 1 N–H and O–H groups in total. The molecule has 4 fully saturated rings. The van der Waals surface area contributed by atoms with Gasteiger partial charge >= 0.3 is 0 Å². The summed E-state index contributed by atoms with van der Waals surface area (Å²) in [5, 5.41) is 11.8. The molecule has 3 saturated carbocycles. The third-order valence-corrected chi connectivity index (χ3v) is 9.92. The van der Waals surface area contributed by atoms with E-state index in [1.807, 2.05) is 6.08 Å². The number of aliphatic hydroxyl groups is 1. The molecular weight excluding hydrogens is 428 g/mol. The van der Waals surface area contributed by atoms with Crippen molar-refractivity contribution in [3.05, 3.63) is 23.8 Å². The molecule has 0 unspecified atom stereocenters. The number of rotatable bonds is 4. The van der Waals surface area contributed by atoms with E-state index in [4.69, 9.17) is 9.47 Å². The maximum atomic E-state index is 14.1. The Morgan fingerprint density at radius 2 is 2.00 bits per heavy atom. The second-order valence-electron chi connectivity index (χ2n) is 13.3. The molecule has 0 aromatic heterocycles. The monoisotopic (exact) mass is 470 g/mol. The zero-order chi connectivity index (χ0) is 24.7. The third kappa shape index (κ3) is 3.29. The Morgan fingerprint density at radius 1 is 1.26 bits per heavy atom. The van der Waals surface area contributed by atoms with E-state index in [-0.39, 0.29) is 52.5 Å². The second kappa shape index (κ2) is 7.85. The molecule has 0 radical (unpaired) electrons. The van der Waals surface area contributed by atoms with Crippen molar-refractivity contribution in [1.29, 1.82) is 0 Å². The minimum absolute atomic E-state index is 0.0370. The van der Waals surface area contributed by atoms with Crippen molar-refractivity contribution in [1.82, 2.24) is 0 Å². The van der Waals surface area contributed by atoms with Gasteiger partial charge in [0.05, 0.1) is 12.2 Å². The summed E-state index contributed by atoms with van der Waals surface area (Å²) in [5.41, 5.74) is -0.786. The minimum atomic E-state index is -0.994. The highest BCUT2D eigenvalue weighted by Crippen LogP contribution is 2.70. The van der Waals surface area contributed by atoms with Crippen LogP contribution in [0.15, 0.2) is 23.8 Å². The number of hydrogen-bond acceptors (Lipinski definition) is 5. The van der Waals surface area contributed by atoms with Crippen LogP contribution in [0, 0.1) is 34.0 Å². The fourth-order valence-electron chi connectivity index (χ4n) is 8.62. The first-order valence-corrected chi connectivity index (χ1v) is 13.3. The van der Waals surface area contributed by atoms with Gasteiger partial charge in [0.1, 0.15) is 0 Å². The first-order valence-electron chi connectivity index (χ1n) is 13.3. The second-order valence-corrected chi connectivity index (χ2v) is 13.3. The van der Waals surface area contributed by atoms with Gasteiger partial charge in [-0.2, -0.15) is 0 Å². The van der Waals surface area contributed by atoms with E-state index < -0.39 is 17.1 Å². The highest BCUT2D eigenvalue weighted by atomic mass is 16.7. The lowest BCUT2D eigenvalue weighted by molar-refractivity contribution is -0.200. The average molecular weight is 471 g/mol. The van der Waals surface area contributed by atoms with Crippen molar-refractivity contribution >= 4 is 11.6 Å². The normalized spacial score (nSPS) is 47.5. The maximum absolute atomic E-state index is 14.1. The molecule has 5 aliphatic rings. The molecule has 0 aromatic rings. The molecule has 0 aromatic carbocycles. The van der Waals surface area contributed by atoms with Crippen LogP contribution in [-0.2, 0) is 19.1 Å². The summed E-state index contributed by atoms with van der Waals surface area (Å²) in [6.07, 6.45) is 9.60. The molecule has 5 rings (SSSR count). The van der Waals surface area contributed by atoms with Gasteiger partial charge in [0.25, 0.3) is 0 Å². The quantitative estimate of drug-likeness (QED) is 0.614. The van der Waals surface area contributed by atoms with Gasteiger partial charge in [-0.1, -0.05) is 59.6 Å². The fourth-order valence-corrected chi connectivity index (χ4v) is 8.62. The van der Waals surface area contributed by atoms with Crippen LogP contribution >= 0.6 is 0 Å². The van der Waals surface area contributed by atoms with Gasteiger partial charge in [-0.05, 0) is 61.5 Å². The zero-order valence-electron chi connectivity index (χ0n) is 21.7. The summed E-state index contributed by atoms with van der Waals surface area (Å²) in [4.78, 5) is 26.2. The van der Waals surface area contributed by atoms with E-state index >= 15 is 0 Å².